The van der Waals surface area contributed by atoms with Crippen molar-refractivity contribution in [1.29, 1.82) is 0 Å². The number of anilines is 1. The van der Waals surface area contributed by atoms with Crippen LogP contribution in [0.2, 0.25) is 0 Å². The Kier molecular flexibility index (Phi) is 6.33. The predicted octanol–water partition coefficient (Wildman–Crippen LogP) is 4.88. The topological polar surface area (TPSA) is 70.6 Å². The highest BCUT2D eigenvalue weighted by Gasteiger charge is 2.29. The van der Waals surface area contributed by atoms with Crippen LogP contribution in [0.3, 0.4) is 0 Å². The van der Waals surface area contributed by atoms with E-state index in [-0.39, 0.29) is 17.7 Å². The average Bonchev–Trinajstić information content (AvgIpc) is 3.66. The normalized spacial score (nSPS) is 13.7. The Balaban J connectivity index is 1.46. The molecule has 4 rings (SSSR count). The first kappa shape index (κ1) is 20.3. The Labute approximate surface area is 181 Å². The number of amides is 2. The second-order valence-corrected chi connectivity index (χ2v) is 7.39. The Morgan fingerprint density at radius 1 is 0.806 bits per heavy atom. The van der Waals surface area contributed by atoms with E-state index in [1.165, 1.54) is 0 Å². The molecule has 1 fully saturated rings. The summed E-state index contributed by atoms with van der Waals surface area (Å²) in [5.74, 6) is -0.140. The molecule has 5 heteroatoms. The van der Waals surface area contributed by atoms with E-state index < -0.39 is 0 Å². The molecule has 0 unspecified atom stereocenters. The minimum atomic E-state index is -0.318. The molecule has 154 valence electrons. The fourth-order valence-corrected chi connectivity index (χ4v) is 3.02. The highest BCUT2D eigenvalue weighted by Crippen LogP contribution is 2.30. The monoisotopic (exact) mass is 409 g/mol. The van der Waals surface area contributed by atoms with Gasteiger partial charge in [-0.25, -0.2) is 5.43 Å². The van der Waals surface area contributed by atoms with Gasteiger partial charge in [-0.1, -0.05) is 66.7 Å². The van der Waals surface area contributed by atoms with E-state index in [4.69, 9.17) is 0 Å². The molecule has 0 saturated heterocycles. The van der Waals surface area contributed by atoms with Crippen LogP contribution in [0.4, 0.5) is 5.69 Å². The number of carbonyl (C=O) groups is 2. The van der Waals surface area contributed by atoms with Crippen LogP contribution in [0.5, 0.6) is 0 Å². The van der Waals surface area contributed by atoms with Crippen LogP contribution >= 0.6 is 0 Å². The summed E-state index contributed by atoms with van der Waals surface area (Å²) in [4.78, 5) is 24.4. The molecule has 2 amide bonds. The van der Waals surface area contributed by atoms with Crippen LogP contribution in [-0.2, 0) is 4.79 Å². The fourth-order valence-electron chi connectivity index (χ4n) is 3.02. The van der Waals surface area contributed by atoms with Crippen molar-refractivity contribution in [3.63, 3.8) is 0 Å². The molecular weight excluding hydrogens is 386 g/mol. The number of hydrogen-bond donors (Lipinski definition) is 2. The Morgan fingerprint density at radius 3 is 2.10 bits per heavy atom. The van der Waals surface area contributed by atoms with Gasteiger partial charge in [0.05, 0.1) is 5.71 Å². The van der Waals surface area contributed by atoms with E-state index in [0.29, 0.717) is 17.0 Å². The second-order valence-electron chi connectivity index (χ2n) is 7.39. The van der Waals surface area contributed by atoms with Crippen LogP contribution in [0.15, 0.2) is 96.1 Å². The van der Waals surface area contributed by atoms with Gasteiger partial charge in [0.1, 0.15) is 0 Å². The summed E-state index contributed by atoms with van der Waals surface area (Å²) in [5.41, 5.74) is 6.37. The quantitative estimate of drug-likeness (QED) is 0.431. The zero-order chi connectivity index (χ0) is 21.5. The lowest BCUT2D eigenvalue weighted by molar-refractivity contribution is -0.117. The predicted molar refractivity (Wildman–Crippen MR) is 124 cm³/mol. The van der Waals surface area contributed by atoms with Gasteiger partial charge in [0, 0.05) is 22.7 Å². The van der Waals surface area contributed by atoms with Gasteiger partial charge >= 0.3 is 0 Å². The average molecular weight is 409 g/mol. The van der Waals surface area contributed by atoms with Gasteiger partial charge in [0.2, 0.25) is 5.91 Å². The minimum Gasteiger partial charge on any atom is -0.326 e. The van der Waals surface area contributed by atoms with Crippen molar-refractivity contribution in [1.82, 2.24) is 5.43 Å². The molecule has 0 spiro atoms. The summed E-state index contributed by atoms with van der Waals surface area (Å²) in [5, 5.41) is 7.21. The van der Waals surface area contributed by atoms with Crippen molar-refractivity contribution in [3.8, 4) is 0 Å². The molecule has 1 saturated carbocycles. The smallest absolute Gasteiger partial charge is 0.271 e. The van der Waals surface area contributed by atoms with Crippen LogP contribution in [0, 0.1) is 5.92 Å². The van der Waals surface area contributed by atoms with E-state index in [1.54, 1.807) is 24.3 Å². The second kappa shape index (κ2) is 9.67. The van der Waals surface area contributed by atoms with E-state index in [1.807, 2.05) is 72.8 Å². The van der Waals surface area contributed by atoms with Crippen molar-refractivity contribution in [2.75, 3.05) is 5.32 Å². The molecule has 3 aromatic carbocycles. The maximum atomic E-state index is 12.6. The minimum absolute atomic E-state index is 0.0412. The largest absolute Gasteiger partial charge is 0.326 e. The summed E-state index contributed by atoms with van der Waals surface area (Å²) < 4.78 is 0. The van der Waals surface area contributed by atoms with Crippen LogP contribution in [-0.4, -0.2) is 17.5 Å². The molecule has 0 heterocycles. The molecule has 0 aromatic heterocycles. The summed E-state index contributed by atoms with van der Waals surface area (Å²) in [6.45, 7) is 0. The molecular formula is C26H23N3O2. The van der Waals surface area contributed by atoms with Crippen LogP contribution < -0.4 is 10.7 Å². The van der Waals surface area contributed by atoms with Gasteiger partial charge in [0.15, 0.2) is 0 Å². The summed E-state index contributed by atoms with van der Waals surface area (Å²) in [6.07, 6.45) is 5.73. The van der Waals surface area contributed by atoms with Crippen LogP contribution in [0.1, 0.15) is 34.3 Å². The number of nitrogens with zero attached hydrogens (tertiary/aromatic N) is 1. The molecule has 3 aromatic rings. The number of hydrogen-bond acceptors (Lipinski definition) is 3. The zero-order valence-corrected chi connectivity index (χ0v) is 17.0. The molecule has 0 bridgehead atoms. The Bertz CT molecular complexity index is 1100. The van der Waals surface area contributed by atoms with Crippen molar-refractivity contribution < 1.29 is 9.59 Å². The van der Waals surface area contributed by atoms with E-state index in [9.17, 15) is 9.59 Å². The number of hydrazone groups is 1. The first-order valence-corrected chi connectivity index (χ1v) is 10.3. The number of rotatable bonds is 7. The Morgan fingerprint density at radius 2 is 1.45 bits per heavy atom. The first-order valence-electron chi connectivity index (χ1n) is 10.3. The van der Waals surface area contributed by atoms with Gasteiger partial charge in [-0.15, -0.1) is 0 Å². The van der Waals surface area contributed by atoms with Crippen molar-refractivity contribution in [2.45, 2.75) is 12.8 Å². The van der Waals surface area contributed by atoms with Gasteiger partial charge in [0.25, 0.3) is 5.91 Å². The molecule has 0 radical (unpaired) electrons. The first-order chi connectivity index (χ1) is 15.2. The number of allylic oxidation sites excluding steroid dienone is 1. The molecule has 0 aliphatic heterocycles. The van der Waals surface area contributed by atoms with Gasteiger partial charge in [-0.3, -0.25) is 9.59 Å². The summed E-state index contributed by atoms with van der Waals surface area (Å²) in [7, 11) is 0. The third kappa shape index (κ3) is 5.76. The molecule has 1 aliphatic rings. The molecule has 0 atom stereocenters. The summed E-state index contributed by atoms with van der Waals surface area (Å²) >= 11 is 0. The lowest BCUT2D eigenvalue weighted by atomic mass is 10.1. The maximum absolute atomic E-state index is 12.6. The van der Waals surface area contributed by atoms with Crippen molar-refractivity contribution in [3.05, 3.63) is 108 Å². The van der Waals surface area contributed by atoms with E-state index in [0.717, 1.165) is 24.0 Å². The van der Waals surface area contributed by atoms with E-state index >= 15 is 0 Å². The lowest BCUT2D eigenvalue weighted by Gasteiger charge is -2.06. The van der Waals surface area contributed by atoms with Gasteiger partial charge in [-0.05, 0) is 48.7 Å². The van der Waals surface area contributed by atoms with E-state index in [2.05, 4.69) is 15.8 Å². The van der Waals surface area contributed by atoms with Crippen molar-refractivity contribution in [2.24, 2.45) is 11.0 Å². The fraction of sp³-hybridized carbons (Fsp3) is 0.115. The molecule has 2 N–H and O–H groups in total. The third-order valence-corrected chi connectivity index (χ3v) is 4.94. The SMILES string of the molecule is O=C(N/N=C(/C=C/c1ccccc1)c1ccccc1)c1ccc(NC(=O)C2CC2)cc1. The number of benzene rings is 3. The van der Waals surface area contributed by atoms with Crippen LogP contribution in [0.25, 0.3) is 6.08 Å². The lowest BCUT2D eigenvalue weighted by Crippen LogP contribution is -2.20. The highest BCUT2D eigenvalue weighted by atomic mass is 16.2. The number of carbonyl (C=O) groups excluding carboxylic acids is 2. The zero-order valence-electron chi connectivity index (χ0n) is 17.0. The standard InChI is InChI=1S/C26H23N3O2/c30-25(21-12-13-21)27-23-16-14-22(15-17-23)26(31)29-28-24(20-9-5-2-6-10-20)18-11-19-7-3-1-4-8-19/h1-11,14-18,21H,12-13H2,(H,27,30)(H,29,31)/b18-11+,28-24-. The maximum Gasteiger partial charge on any atom is 0.271 e. The summed E-state index contributed by atoms with van der Waals surface area (Å²) in [6, 6.07) is 26.4. The highest BCUT2D eigenvalue weighted by molar-refractivity contribution is 6.11. The van der Waals surface area contributed by atoms with Gasteiger partial charge < -0.3 is 5.32 Å². The molecule has 31 heavy (non-hydrogen) atoms. The van der Waals surface area contributed by atoms with Crippen molar-refractivity contribution >= 4 is 29.3 Å². The van der Waals surface area contributed by atoms with Gasteiger partial charge in [-0.2, -0.15) is 5.10 Å². The molecule has 5 nitrogen and oxygen atoms in total. The number of nitrogens with one attached hydrogen (secondary N) is 2. The Hall–Kier alpha value is -3.99. The third-order valence-electron chi connectivity index (χ3n) is 4.94. The molecule has 1 aliphatic carbocycles.